The lowest BCUT2D eigenvalue weighted by molar-refractivity contribution is 0.235. The van der Waals surface area contributed by atoms with Crippen molar-refractivity contribution in [3.63, 3.8) is 0 Å². The third-order valence-electron chi connectivity index (χ3n) is 5.19. The molecule has 1 saturated carbocycles. The lowest BCUT2D eigenvalue weighted by Crippen LogP contribution is -2.44. The highest BCUT2D eigenvalue weighted by molar-refractivity contribution is 5.30. The Hall–Kier alpha value is -1.14. The van der Waals surface area contributed by atoms with Crippen LogP contribution in [0, 0.1) is 5.92 Å². The van der Waals surface area contributed by atoms with Crippen LogP contribution in [0.1, 0.15) is 49.9 Å². The predicted molar refractivity (Wildman–Crippen MR) is 77.7 cm³/mol. The second-order valence-corrected chi connectivity index (χ2v) is 6.55. The molecule has 1 aliphatic carbocycles. The van der Waals surface area contributed by atoms with E-state index in [1.165, 1.54) is 0 Å². The zero-order chi connectivity index (χ0) is 13.5. The molecule has 4 rings (SSSR count). The minimum Gasteiger partial charge on any atom is -0.354 e. The number of fused-ring (bicyclic) bond motifs is 3. The molecular formula is C14H24N6. The van der Waals surface area contributed by atoms with Crippen LogP contribution in [-0.4, -0.2) is 40.4 Å². The number of aromatic nitrogens is 3. The number of rotatable bonds is 1. The summed E-state index contributed by atoms with van der Waals surface area (Å²) in [5, 5.41) is 11.8. The highest BCUT2D eigenvalue weighted by Gasteiger charge is 2.34. The summed E-state index contributed by atoms with van der Waals surface area (Å²) >= 11 is 0. The minimum atomic E-state index is 0.385. The first-order valence-electron chi connectivity index (χ1n) is 7.98. The fourth-order valence-corrected chi connectivity index (χ4v) is 3.90. The quantitative estimate of drug-likeness (QED) is 0.708. The Bertz CT molecular complexity index is 476. The fourth-order valence-electron chi connectivity index (χ4n) is 3.90. The maximum Gasteiger partial charge on any atom is 0.221 e. The van der Waals surface area contributed by atoms with E-state index in [4.69, 9.17) is 15.8 Å². The number of nitrogens with one attached hydrogen (secondary N) is 2. The molecule has 0 amide bonds. The van der Waals surface area contributed by atoms with Gasteiger partial charge in [0.25, 0.3) is 0 Å². The van der Waals surface area contributed by atoms with Crippen molar-refractivity contribution < 1.29 is 0 Å². The molecular weight excluding hydrogens is 252 g/mol. The van der Waals surface area contributed by atoms with E-state index in [1.54, 1.807) is 0 Å². The van der Waals surface area contributed by atoms with Crippen molar-refractivity contribution in [3.05, 3.63) is 5.82 Å². The second kappa shape index (κ2) is 5.00. The van der Waals surface area contributed by atoms with Crippen LogP contribution in [0.15, 0.2) is 0 Å². The molecule has 1 aromatic heterocycles. The van der Waals surface area contributed by atoms with E-state index in [9.17, 15) is 0 Å². The summed E-state index contributed by atoms with van der Waals surface area (Å²) in [4.78, 5) is 4.77. The van der Waals surface area contributed by atoms with Crippen LogP contribution in [0.2, 0.25) is 0 Å². The van der Waals surface area contributed by atoms with Crippen LogP contribution in [0.3, 0.4) is 0 Å². The fraction of sp³-hybridized carbons (Fsp3) is 0.857. The first kappa shape index (κ1) is 12.6. The Labute approximate surface area is 119 Å². The number of nitrogens with zero attached hydrogens (tertiary/aromatic N) is 3. The van der Waals surface area contributed by atoms with Crippen molar-refractivity contribution in [3.8, 4) is 0 Å². The first-order chi connectivity index (χ1) is 9.81. The van der Waals surface area contributed by atoms with Crippen molar-refractivity contribution in [1.29, 1.82) is 0 Å². The van der Waals surface area contributed by atoms with Gasteiger partial charge in [0.15, 0.2) is 5.82 Å². The Morgan fingerprint density at radius 3 is 2.80 bits per heavy atom. The van der Waals surface area contributed by atoms with Gasteiger partial charge in [0.2, 0.25) is 5.95 Å². The molecule has 0 aromatic carbocycles. The van der Waals surface area contributed by atoms with E-state index in [0.717, 1.165) is 63.5 Å². The van der Waals surface area contributed by atoms with Crippen LogP contribution in [0.5, 0.6) is 0 Å². The van der Waals surface area contributed by atoms with E-state index in [-0.39, 0.29) is 0 Å². The van der Waals surface area contributed by atoms with E-state index in [0.29, 0.717) is 23.9 Å². The standard InChI is InChI=1S/C14H24N6/c15-11-3-1-9(2-4-11)13-18-14-17-8-10-7-16-6-5-12(10)20(14)19-13/h9-12,16H,1-8,15H2,(H,17,18,19). The lowest BCUT2D eigenvalue weighted by Gasteiger charge is -2.36. The molecule has 2 fully saturated rings. The monoisotopic (exact) mass is 276 g/mol. The Morgan fingerprint density at radius 2 is 1.95 bits per heavy atom. The van der Waals surface area contributed by atoms with Gasteiger partial charge in [-0.25, -0.2) is 4.68 Å². The van der Waals surface area contributed by atoms with Crippen LogP contribution in [0.4, 0.5) is 5.95 Å². The summed E-state index contributed by atoms with van der Waals surface area (Å²) in [7, 11) is 0. The molecule has 0 bridgehead atoms. The number of hydrogen-bond donors (Lipinski definition) is 3. The van der Waals surface area contributed by atoms with Gasteiger partial charge in [-0.3, -0.25) is 0 Å². The Balaban J connectivity index is 1.57. The highest BCUT2D eigenvalue weighted by Crippen LogP contribution is 2.35. The van der Waals surface area contributed by atoms with E-state index >= 15 is 0 Å². The SMILES string of the molecule is NC1CCC(c2nc3n(n2)C2CCNCC2CN3)CC1. The molecule has 20 heavy (non-hydrogen) atoms. The molecule has 6 heteroatoms. The summed E-state index contributed by atoms with van der Waals surface area (Å²) in [6.07, 6.45) is 5.66. The molecule has 3 heterocycles. The van der Waals surface area contributed by atoms with Gasteiger partial charge in [0.05, 0.1) is 6.04 Å². The van der Waals surface area contributed by atoms with Gasteiger partial charge in [-0.2, -0.15) is 10.1 Å². The molecule has 4 N–H and O–H groups in total. The van der Waals surface area contributed by atoms with Crippen molar-refractivity contribution in [1.82, 2.24) is 20.1 Å². The first-order valence-corrected chi connectivity index (χ1v) is 7.98. The molecule has 2 unspecified atom stereocenters. The maximum atomic E-state index is 5.99. The maximum absolute atomic E-state index is 5.99. The second-order valence-electron chi connectivity index (χ2n) is 6.55. The Morgan fingerprint density at radius 1 is 1.10 bits per heavy atom. The summed E-state index contributed by atoms with van der Waals surface area (Å²) in [6.45, 7) is 3.20. The average Bonchev–Trinajstić information content (AvgIpc) is 2.92. The summed E-state index contributed by atoms with van der Waals surface area (Å²) in [5.41, 5.74) is 5.99. The number of anilines is 1. The van der Waals surface area contributed by atoms with Crippen molar-refractivity contribution in [2.45, 2.75) is 50.1 Å². The zero-order valence-electron chi connectivity index (χ0n) is 11.9. The predicted octanol–water partition coefficient (Wildman–Crippen LogP) is 0.839. The Kier molecular flexibility index (Phi) is 3.15. The van der Waals surface area contributed by atoms with Gasteiger partial charge in [0.1, 0.15) is 0 Å². The number of hydrogen-bond acceptors (Lipinski definition) is 5. The number of piperidine rings is 1. The smallest absolute Gasteiger partial charge is 0.221 e. The van der Waals surface area contributed by atoms with E-state index in [1.807, 2.05) is 0 Å². The largest absolute Gasteiger partial charge is 0.354 e. The normalized spacial score (nSPS) is 36.9. The molecule has 0 spiro atoms. The molecule has 3 aliphatic rings. The molecule has 1 aromatic rings. The molecule has 6 nitrogen and oxygen atoms in total. The van der Waals surface area contributed by atoms with Gasteiger partial charge >= 0.3 is 0 Å². The van der Waals surface area contributed by atoms with Crippen molar-refractivity contribution in [2.75, 3.05) is 25.0 Å². The molecule has 2 atom stereocenters. The van der Waals surface area contributed by atoms with E-state index in [2.05, 4.69) is 15.3 Å². The van der Waals surface area contributed by atoms with Crippen LogP contribution in [-0.2, 0) is 0 Å². The van der Waals surface area contributed by atoms with Gasteiger partial charge in [-0.1, -0.05) is 0 Å². The molecule has 2 aliphatic heterocycles. The van der Waals surface area contributed by atoms with Crippen LogP contribution >= 0.6 is 0 Å². The van der Waals surface area contributed by atoms with Crippen LogP contribution in [0.25, 0.3) is 0 Å². The van der Waals surface area contributed by atoms with E-state index < -0.39 is 0 Å². The molecule has 110 valence electrons. The van der Waals surface area contributed by atoms with Gasteiger partial charge in [0, 0.05) is 31.0 Å². The molecule has 0 radical (unpaired) electrons. The highest BCUT2D eigenvalue weighted by atomic mass is 15.4. The van der Waals surface area contributed by atoms with Gasteiger partial charge < -0.3 is 16.4 Å². The average molecular weight is 276 g/mol. The zero-order valence-corrected chi connectivity index (χ0v) is 11.9. The summed E-state index contributed by atoms with van der Waals surface area (Å²) in [5.74, 6) is 3.18. The summed E-state index contributed by atoms with van der Waals surface area (Å²) < 4.78 is 2.17. The van der Waals surface area contributed by atoms with Gasteiger partial charge in [-0.15, -0.1) is 0 Å². The third-order valence-corrected chi connectivity index (χ3v) is 5.19. The molecule has 1 saturated heterocycles. The lowest BCUT2D eigenvalue weighted by atomic mass is 9.86. The van der Waals surface area contributed by atoms with Gasteiger partial charge in [-0.05, 0) is 38.6 Å². The van der Waals surface area contributed by atoms with Crippen molar-refractivity contribution in [2.24, 2.45) is 11.7 Å². The van der Waals surface area contributed by atoms with Crippen molar-refractivity contribution >= 4 is 5.95 Å². The third kappa shape index (κ3) is 2.11. The van der Waals surface area contributed by atoms with Crippen LogP contribution < -0.4 is 16.4 Å². The topological polar surface area (TPSA) is 80.8 Å². The number of nitrogens with two attached hydrogens (primary N) is 1. The summed E-state index contributed by atoms with van der Waals surface area (Å²) in [6, 6.07) is 0.912. The minimum absolute atomic E-state index is 0.385.